The summed E-state index contributed by atoms with van der Waals surface area (Å²) in [4.78, 5) is 31.2. The van der Waals surface area contributed by atoms with Gasteiger partial charge in [-0.15, -0.1) is 0 Å². The molecular weight excluding hydrogens is 410 g/mol. The largest absolute Gasteiger partial charge is 0.497 e. The Morgan fingerprint density at radius 2 is 1.77 bits per heavy atom. The zero-order valence-electron chi connectivity index (χ0n) is 17.9. The van der Waals surface area contributed by atoms with Crippen molar-refractivity contribution in [2.45, 2.75) is 13.8 Å². The molecule has 1 amide bonds. The Kier molecular flexibility index (Phi) is 6.39. The Labute approximate surface area is 185 Å². The summed E-state index contributed by atoms with van der Waals surface area (Å²) in [6.45, 7) is 7.35. The Balaban J connectivity index is 1.71. The van der Waals surface area contributed by atoms with Crippen molar-refractivity contribution < 1.29 is 9.53 Å². The van der Waals surface area contributed by atoms with Crippen LogP contribution in [0.15, 0.2) is 48.7 Å². The number of para-hydroxylation sites is 2. The summed E-state index contributed by atoms with van der Waals surface area (Å²) in [5.74, 6) is 0.570. The van der Waals surface area contributed by atoms with Crippen molar-refractivity contribution in [2.24, 2.45) is 0 Å². The molecule has 4 rings (SSSR count). The topological polar surface area (TPSA) is 71.5 Å². The van der Waals surface area contributed by atoms with Gasteiger partial charge in [-0.05, 0) is 43.4 Å². The molecule has 0 aliphatic carbocycles. The van der Waals surface area contributed by atoms with Crippen LogP contribution in [-0.2, 0) is 0 Å². The number of amides is 1. The van der Waals surface area contributed by atoms with Crippen molar-refractivity contribution in [1.29, 1.82) is 0 Å². The van der Waals surface area contributed by atoms with Crippen LogP contribution in [0.5, 0.6) is 5.75 Å². The fraction of sp³-hybridized carbons (Fsp3) is 0.304. The molecule has 0 saturated carbocycles. The van der Waals surface area contributed by atoms with Gasteiger partial charge in [0.25, 0.3) is 5.91 Å². The third-order valence-electron chi connectivity index (χ3n) is 5.26. The summed E-state index contributed by atoms with van der Waals surface area (Å²) in [7, 11) is 1.64. The van der Waals surface area contributed by atoms with Crippen LogP contribution in [0.4, 0.5) is 5.13 Å². The van der Waals surface area contributed by atoms with Crippen LogP contribution in [0.25, 0.3) is 21.3 Å². The average Bonchev–Trinajstić information content (AvgIpc) is 3.24. The third-order valence-corrected chi connectivity index (χ3v) is 6.30. The minimum Gasteiger partial charge on any atom is -0.497 e. The summed E-state index contributed by atoms with van der Waals surface area (Å²) in [6, 6.07) is 13.3. The summed E-state index contributed by atoms with van der Waals surface area (Å²) < 4.78 is 6.30. The molecule has 7 nitrogen and oxygen atoms in total. The van der Waals surface area contributed by atoms with Gasteiger partial charge in [-0.1, -0.05) is 37.3 Å². The molecule has 0 atom stereocenters. The van der Waals surface area contributed by atoms with Crippen molar-refractivity contribution in [3.8, 4) is 5.75 Å². The van der Waals surface area contributed by atoms with Crippen molar-refractivity contribution in [3.63, 3.8) is 0 Å². The maximum Gasteiger partial charge on any atom is 0.280 e. The molecule has 2 heterocycles. The highest BCUT2D eigenvalue weighted by Crippen LogP contribution is 2.32. The second-order valence-corrected chi connectivity index (χ2v) is 8.07. The van der Waals surface area contributed by atoms with E-state index in [1.807, 2.05) is 42.5 Å². The highest BCUT2D eigenvalue weighted by Gasteiger charge is 2.23. The van der Waals surface area contributed by atoms with E-state index in [2.05, 4.69) is 28.7 Å². The number of ether oxygens (including phenoxy) is 1. The third kappa shape index (κ3) is 4.50. The number of fused-ring (bicyclic) bond motifs is 2. The average molecular weight is 436 g/mol. The minimum absolute atomic E-state index is 0.198. The van der Waals surface area contributed by atoms with Gasteiger partial charge in [-0.3, -0.25) is 14.7 Å². The Morgan fingerprint density at radius 1 is 1.00 bits per heavy atom. The lowest BCUT2D eigenvalue weighted by molar-refractivity contribution is 0.0979. The van der Waals surface area contributed by atoms with E-state index >= 15 is 0 Å². The highest BCUT2D eigenvalue weighted by atomic mass is 32.1. The standard InChI is InChI=1S/C23H25N5O2S/c1-4-27(5-2)12-13-28(23-26-19-11-10-16(30-3)14-21(19)31-23)22(29)20-15-24-17-8-6-7-9-18(17)25-20/h6-11,14-15H,4-5,12-13H2,1-3H3. The SMILES string of the molecule is CCN(CC)CCN(C(=O)c1cnc2ccccc2n1)c1nc2ccc(OC)cc2s1. The molecule has 2 aromatic heterocycles. The summed E-state index contributed by atoms with van der Waals surface area (Å²) >= 11 is 1.48. The van der Waals surface area contributed by atoms with E-state index in [1.165, 1.54) is 11.3 Å². The quantitative estimate of drug-likeness (QED) is 0.412. The number of benzene rings is 2. The smallest absolute Gasteiger partial charge is 0.280 e. The number of rotatable bonds is 8. The van der Waals surface area contributed by atoms with Crippen LogP contribution in [0.1, 0.15) is 24.3 Å². The molecule has 4 aromatic rings. The first-order chi connectivity index (χ1) is 15.1. The fourth-order valence-corrected chi connectivity index (χ4v) is 4.42. The Bertz CT molecular complexity index is 1200. The number of methoxy groups -OCH3 is 1. The van der Waals surface area contributed by atoms with Gasteiger partial charge in [0.15, 0.2) is 5.13 Å². The summed E-state index contributed by atoms with van der Waals surface area (Å²) in [6.07, 6.45) is 1.55. The maximum absolute atomic E-state index is 13.5. The first-order valence-electron chi connectivity index (χ1n) is 10.3. The number of hydrogen-bond acceptors (Lipinski definition) is 7. The molecular formula is C23H25N5O2S. The molecule has 2 aromatic carbocycles. The van der Waals surface area contributed by atoms with Crippen LogP contribution >= 0.6 is 11.3 Å². The van der Waals surface area contributed by atoms with Crippen molar-refractivity contribution >= 4 is 43.6 Å². The molecule has 0 N–H and O–H groups in total. The van der Waals surface area contributed by atoms with Gasteiger partial charge in [-0.2, -0.15) is 0 Å². The molecule has 0 bridgehead atoms. The van der Waals surface area contributed by atoms with Gasteiger partial charge in [0.05, 0.1) is 34.6 Å². The Morgan fingerprint density at radius 3 is 2.52 bits per heavy atom. The van der Waals surface area contributed by atoms with E-state index in [0.29, 0.717) is 22.9 Å². The lowest BCUT2D eigenvalue weighted by Crippen LogP contribution is -2.39. The molecule has 31 heavy (non-hydrogen) atoms. The van der Waals surface area contributed by atoms with Crippen LogP contribution in [0, 0.1) is 0 Å². The second kappa shape index (κ2) is 9.36. The van der Waals surface area contributed by atoms with E-state index in [0.717, 1.165) is 41.1 Å². The van der Waals surface area contributed by atoms with Gasteiger partial charge >= 0.3 is 0 Å². The number of carbonyl (C=O) groups excluding carboxylic acids is 1. The number of anilines is 1. The number of hydrogen-bond donors (Lipinski definition) is 0. The molecule has 160 valence electrons. The molecule has 0 spiro atoms. The van der Waals surface area contributed by atoms with Crippen molar-refractivity contribution in [1.82, 2.24) is 19.9 Å². The number of carbonyl (C=O) groups is 1. The first kappa shape index (κ1) is 21.1. The highest BCUT2D eigenvalue weighted by molar-refractivity contribution is 7.22. The first-order valence-corrected chi connectivity index (χ1v) is 11.1. The van der Waals surface area contributed by atoms with Crippen LogP contribution < -0.4 is 9.64 Å². The number of aromatic nitrogens is 3. The van der Waals surface area contributed by atoms with E-state index in [-0.39, 0.29) is 5.91 Å². The van der Waals surface area contributed by atoms with E-state index in [1.54, 1.807) is 18.2 Å². The lowest BCUT2D eigenvalue weighted by Gasteiger charge is -2.24. The minimum atomic E-state index is -0.198. The van der Waals surface area contributed by atoms with Crippen LogP contribution in [0.2, 0.25) is 0 Å². The molecule has 0 aliphatic heterocycles. The monoisotopic (exact) mass is 435 g/mol. The molecule has 0 radical (unpaired) electrons. The van der Waals surface area contributed by atoms with Gasteiger partial charge < -0.3 is 9.64 Å². The number of thiazole rings is 1. The van der Waals surface area contributed by atoms with Gasteiger partial charge in [-0.25, -0.2) is 9.97 Å². The molecule has 0 fully saturated rings. The normalized spacial score (nSPS) is 11.4. The number of nitrogens with zero attached hydrogens (tertiary/aromatic N) is 5. The molecule has 0 saturated heterocycles. The number of likely N-dealkylation sites (N-methyl/N-ethyl adjacent to an activating group) is 1. The fourth-order valence-electron chi connectivity index (χ4n) is 3.40. The summed E-state index contributed by atoms with van der Waals surface area (Å²) in [5.41, 5.74) is 2.62. The van der Waals surface area contributed by atoms with Crippen LogP contribution in [0.3, 0.4) is 0 Å². The molecule has 0 aliphatic rings. The zero-order valence-corrected chi connectivity index (χ0v) is 18.7. The predicted octanol–water partition coefficient (Wildman–Crippen LogP) is 4.24. The molecule has 0 unspecified atom stereocenters. The van der Waals surface area contributed by atoms with E-state index in [4.69, 9.17) is 9.72 Å². The maximum atomic E-state index is 13.5. The Hall–Kier alpha value is -3.10. The molecule has 8 heteroatoms. The van der Waals surface area contributed by atoms with Crippen LogP contribution in [-0.4, -0.2) is 59.0 Å². The van der Waals surface area contributed by atoms with Gasteiger partial charge in [0.1, 0.15) is 11.4 Å². The van der Waals surface area contributed by atoms with Crippen molar-refractivity contribution in [2.75, 3.05) is 38.2 Å². The zero-order chi connectivity index (χ0) is 21.8. The van der Waals surface area contributed by atoms with Gasteiger partial charge in [0.2, 0.25) is 0 Å². The van der Waals surface area contributed by atoms with Gasteiger partial charge in [0, 0.05) is 13.1 Å². The second-order valence-electron chi connectivity index (χ2n) is 7.06. The predicted molar refractivity (Wildman–Crippen MR) is 125 cm³/mol. The van der Waals surface area contributed by atoms with E-state index < -0.39 is 0 Å². The lowest BCUT2D eigenvalue weighted by atomic mass is 10.3. The summed E-state index contributed by atoms with van der Waals surface area (Å²) in [5, 5.41) is 0.648. The van der Waals surface area contributed by atoms with Crippen molar-refractivity contribution in [3.05, 3.63) is 54.4 Å². The van der Waals surface area contributed by atoms with E-state index in [9.17, 15) is 4.79 Å².